The first-order chi connectivity index (χ1) is 10.7. The molecule has 0 saturated heterocycles. The van der Waals surface area contributed by atoms with Gasteiger partial charge in [0.15, 0.2) is 0 Å². The molecule has 2 aromatic rings. The summed E-state index contributed by atoms with van der Waals surface area (Å²) in [6.07, 6.45) is 1.42. The molecule has 0 aliphatic rings. The van der Waals surface area contributed by atoms with Gasteiger partial charge in [0.05, 0.1) is 5.75 Å². The van der Waals surface area contributed by atoms with Crippen molar-refractivity contribution in [2.75, 3.05) is 18.6 Å². The largest absolute Gasteiger partial charge is 0.356 e. The van der Waals surface area contributed by atoms with Gasteiger partial charge in [0, 0.05) is 30.3 Å². The number of benzene rings is 1. The van der Waals surface area contributed by atoms with E-state index in [1.54, 1.807) is 0 Å². The van der Waals surface area contributed by atoms with Gasteiger partial charge in [0.2, 0.25) is 5.91 Å². The average Bonchev–Trinajstić information content (AvgIpc) is 2.45. The molecule has 1 amide bonds. The van der Waals surface area contributed by atoms with Crippen LogP contribution < -0.4 is 10.9 Å². The zero-order chi connectivity index (χ0) is 17.0. The first-order valence-electron chi connectivity index (χ1n) is 7.31. The van der Waals surface area contributed by atoms with E-state index >= 15 is 0 Å². The van der Waals surface area contributed by atoms with Crippen molar-refractivity contribution in [3.63, 3.8) is 0 Å². The molecule has 124 valence electrons. The molecule has 0 radical (unpaired) electrons. The summed E-state index contributed by atoms with van der Waals surface area (Å²) in [6.45, 7) is 2.25. The molecule has 0 unspecified atom stereocenters. The average molecular weight is 336 g/mol. The van der Waals surface area contributed by atoms with Crippen LogP contribution in [0.15, 0.2) is 29.1 Å². The van der Waals surface area contributed by atoms with Crippen molar-refractivity contribution in [2.24, 2.45) is 0 Å². The number of amides is 1. The molecule has 7 heteroatoms. The van der Waals surface area contributed by atoms with Crippen molar-refractivity contribution in [1.82, 2.24) is 10.3 Å². The third-order valence-corrected chi connectivity index (χ3v) is 4.44. The summed E-state index contributed by atoms with van der Waals surface area (Å²) >= 11 is 0. The number of aromatic nitrogens is 1. The number of H-pyrrole nitrogens is 1. The Balaban J connectivity index is 1.97. The fourth-order valence-corrected chi connectivity index (χ4v) is 2.81. The minimum Gasteiger partial charge on any atom is -0.356 e. The van der Waals surface area contributed by atoms with Crippen molar-refractivity contribution in [3.8, 4) is 0 Å². The lowest BCUT2D eigenvalue weighted by atomic mass is 10.1. The number of carbonyl (C=O) groups excluding carboxylic acids is 1. The van der Waals surface area contributed by atoms with Gasteiger partial charge in [-0.05, 0) is 36.4 Å². The van der Waals surface area contributed by atoms with E-state index in [2.05, 4.69) is 10.3 Å². The van der Waals surface area contributed by atoms with E-state index in [1.165, 1.54) is 0 Å². The Kier molecular flexibility index (Phi) is 5.20. The van der Waals surface area contributed by atoms with E-state index < -0.39 is 9.84 Å². The SMILES string of the molecule is Cc1ccc2cc(CCNC(=O)CCS(C)(=O)=O)c(=O)[nH]c2c1. The zero-order valence-electron chi connectivity index (χ0n) is 13.2. The molecule has 1 heterocycles. The number of aryl methyl sites for hydroxylation is 1. The maximum Gasteiger partial charge on any atom is 0.251 e. The Bertz CT molecular complexity index is 885. The Labute approximate surface area is 134 Å². The second kappa shape index (κ2) is 6.95. The van der Waals surface area contributed by atoms with Gasteiger partial charge in [-0.1, -0.05) is 12.1 Å². The Hall–Kier alpha value is -2.15. The van der Waals surface area contributed by atoms with Gasteiger partial charge >= 0.3 is 0 Å². The van der Waals surface area contributed by atoms with Crippen LogP contribution in [0.5, 0.6) is 0 Å². The minimum absolute atomic E-state index is 0.0633. The molecule has 0 bridgehead atoms. The number of rotatable bonds is 6. The number of hydrogen-bond donors (Lipinski definition) is 2. The predicted molar refractivity (Wildman–Crippen MR) is 90.3 cm³/mol. The van der Waals surface area contributed by atoms with E-state index in [9.17, 15) is 18.0 Å². The fourth-order valence-electron chi connectivity index (χ4n) is 2.25. The van der Waals surface area contributed by atoms with Crippen LogP contribution >= 0.6 is 0 Å². The third-order valence-electron chi connectivity index (χ3n) is 3.49. The quantitative estimate of drug-likeness (QED) is 0.820. The minimum atomic E-state index is -3.15. The molecule has 0 atom stereocenters. The van der Waals surface area contributed by atoms with E-state index in [0.29, 0.717) is 18.5 Å². The van der Waals surface area contributed by atoms with Crippen LogP contribution in [-0.4, -0.2) is 37.9 Å². The van der Waals surface area contributed by atoms with Gasteiger partial charge in [-0.2, -0.15) is 0 Å². The second-order valence-corrected chi connectivity index (χ2v) is 7.95. The molecule has 23 heavy (non-hydrogen) atoms. The molecule has 2 N–H and O–H groups in total. The van der Waals surface area contributed by atoms with Crippen molar-refractivity contribution < 1.29 is 13.2 Å². The lowest BCUT2D eigenvalue weighted by Gasteiger charge is -2.06. The number of aromatic amines is 1. The van der Waals surface area contributed by atoms with Gasteiger partial charge in [-0.3, -0.25) is 9.59 Å². The standard InChI is InChI=1S/C16H20N2O4S/c1-11-3-4-12-10-13(16(20)18-14(12)9-11)5-7-17-15(19)6-8-23(2,21)22/h3-4,9-10H,5-8H2,1-2H3,(H,17,19)(H,18,20). The van der Waals surface area contributed by atoms with Gasteiger partial charge in [-0.25, -0.2) is 8.42 Å². The van der Waals surface area contributed by atoms with Gasteiger partial charge in [0.25, 0.3) is 5.56 Å². The number of hydrogen-bond acceptors (Lipinski definition) is 4. The van der Waals surface area contributed by atoms with Crippen molar-refractivity contribution in [3.05, 3.63) is 45.7 Å². The zero-order valence-corrected chi connectivity index (χ0v) is 14.0. The summed E-state index contributed by atoms with van der Waals surface area (Å²) in [5.74, 6) is -0.502. The lowest BCUT2D eigenvalue weighted by Crippen LogP contribution is -2.28. The van der Waals surface area contributed by atoms with Gasteiger partial charge in [0.1, 0.15) is 9.84 Å². The number of carbonyl (C=O) groups is 1. The summed E-state index contributed by atoms with van der Waals surface area (Å²) in [5, 5.41) is 3.57. The summed E-state index contributed by atoms with van der Waals surface area (Å²) < 4.78 is 22.0. The Morgan fingerprint density at radius 1 is 1.26 bits per heavy atom. The Morgan fingerprint density at radius 3 is 2.70 bits per heavy atom. The highest BCUT2D eigenvalue weighted by atomic mass is 32.2. The molecule has 0 aliphatic heterocycles. The maximum absolute atomic E-state index is 12.0. The number of fused-ring (bicyclic) bond motifs is 1. The van der Waals surface area contributed by atoms with E-state index in [0.717, 1.165) is 22.7 Å². The molecule has 0 fully saturated rings. The first kappa shape index (κ1) is 17.2. The number of sulfone groups is 1. The van der Waals surface area contributed by atoms with Crippen molar-refractivity contribution in [1.29, 1.82) is 0 Å². The number of nitrogens with one attached hydrogen (secondary N) is 2. The molecule has 0 spiro atoms. The summed E-state index contributed by atoms with van der Waals surface area (Å²) in [7, 11) is -3.15. The van der Waals surface area contributed by atoms with Gasteiger partial charge < -0.3 is 10.3 Å². The van der Waals surface area contributed by atoms with Crippen LogP contribution in [-0.2, 0) is 21.1 Å². The summed E-state index contributed by atoms with van der Waals surface area (Å²) in [6, 6.07) is 7.63. The monoisotopic (exact) mass is 336 g/mol. The van der Waals surface area contributed by atoms with Crippen LogP contribution in [0.1, 0.15) is 17.5 Å². The third kappa shape index (κ3) is 5.21. The highest BCUT2D eigenvalue weighted by Gasteiger charge is 2.08. The van der Waals surface area contributed by atoms with Crippen LogP contribution in [0.4, 0.5) is 0 Å². The van der Waals surface area contributed by atoms with E-state index in [-0.39, 0.29) is 23.6 Å². The van der Waals surface area contributed by atoms with Crippen LogP contribution in [0.2, 0.25) is 0 Å². The predicted octanol–water partition coefficient (Wildman–Crippen LogP) is 0.930. The fraction of sp³-hybridized carbons (Fsp3) is 0.375. The molecule has 0 aliphatic carbocycles. The molecule has 1 aromatic carbocycles. The smallest absolute Gasteiger partial charge is 0.251 e. The van der Waals surface area contributed by atoms with E-state index in [4.69, 9.17) is 0 Å². The highest BCUT2D eigenvalue weighted by Crippen LogP contribution is 2.13. The van der Waals surface area contributed by atoms with Crippen molar-refractivity contribution in [2.45, 2.75) is 19.8 Å². The summed E-state index contributed by atoms with van der Waals surface area (Å²) in [4.78, 5) is 26.4. The summed E-state index contributed by atoms with van der Waals surface area (Å²) in [5.41, 5.74) is 2.27. The van der Waals surface area contributed by atoms with Gasteiger partial charge in [-0.15, -0.1) is 0 Å². The number of pyridine rings is 1. The first-order valence-corrected chi connectivity index (χ1v) is 9.38. The van der Waals surface area contributed by atoms with Crippen molar-refractivity contribution >= 4 is 26.6 Å². The molecular formula is C16H20N2O4S. The van der Waals surface area contributed by atoms with Crippen LogP contribution in [0.3, 0.4) is 0 Å². The molecule has 1 aromatic heterocycles. The normalized spacial score (nSPS) is 11.6. The Morgan fingerprint density at radius 2 is 2.00 bits per heavy atom. The maximum atomic E-state index is 12.0. The van der Waals surface area contributed by atoms with Crippen LogP contribution in [0.25, 0.3) is 10.9 Å². The highest BCUT2D eigenvalue weighted by molar-refractivity contribution is 7.90. The molecule has 6 nitrogen and oxygen atoms in total. The molecule has 2 rings (SSSR count). The molecule has 0 saturated carbocycles. The topological polar surface area (TPSA) is 96.1 Å². The lowest BCUT2D eigenvalue weighted by molar-refractivity contribution is -0.120. The van der Waals surface area contributed by atoms with E-state index in [1.807, 2.05) is 31.2 Å². The van der Waals surface area contributed by atoms with Crippen LogP contribution in [0, 0.1) is 6.92 Å². The second-order valence-electron chi connectivity index (χ2n) is 5.69. The molecular weight excluding hydrogens is 316 g/mol.